The zero-order chi connectivity index (χ0) is 25.8. The lowest BCUT2D eigenvalue weighted by Gasteiger charge is -2.07. The van der Waals surface area contributed by atoms with Crippen molar-refractivity contribution in [2.24, 2.45) is 0 Å². The van der Waals surface area contributed by atoms with Crippen molar-refractivity contribution in [3.63, 3.8) is 0 Å². The highest BCUT2D eigenvalue weighted by Crippen LogP contribution is 2.36. The van der Waals surface area contributed by atoms with Gasteiger partial charge in [-0.1, -0.05) is 78.4 Å². The molecule has 182 valence electrons. The fourth-order valence-corrected chi connectivity index (χ4v) is 4.02. The molecule has 5 heteroatoms. The van der Waals surface area contributed by atoms with Gasteiger partial charge in [0.15, 0.2) is 5.78 Å². The van der Waals surface area contributed by atoms with Crippen molar-refractivity contribution in [2.75, 3.05) is 7.11 Å². The number of esters is 1. The van der Waals surface area contributed by atoms with Crippen molar-refractivity contribution in [1.29, 1.82) is 0 Å². The summed E-state index contributed by atoms with van der Waals surface area (Å²) in [5, 5.41) is 0.600. The lowest BCUT2D eigenvalue weighted by atomic mass is 10.1. The molecule has 0 fully saturated rings. The lowest BCUT2D eigenvalue weighted by molar-refractivity contribution is 0.0736. The van der Waals surface area contributed by atoms with E-state index in [-0.39, 0.29) is 5.78 Å². The van der Waals surface area contributed by atoms with Crippen molar-refractivity contribution < 1.29 is 23.5 Å². The van der Waals surface area contributed by atoms with Gasteiger partial charge >= 0.3 is 5.97 Å². The van der Waals surface area contributed by atoms with Gasteiger partial charge in [-0.2, -0.15) is 0 Å². The van der Waals surface area contributed by atoms with Gasteiger partial charge in [0.05, 0.1) is 7.11 Å². The largest absolute Gasteiger partial charge is 0.497 e. The van der Waals surface area contributed by atoms with Gasteiger partial charge in [-0.15, -0.1) is 0 Å². The second kappa shape index (κ2) is 10.4. The highest BCUT2D eigenvalue weighted by molar-refractivity contribution is 6.10. The second-order valence-electron chi connectivity index (χ2n) is 8.56. The molecule has 5 rings (SSSR count). The van der Waals surface area contributed by atoms with Crippen LogP contribution < -0.4 is 9.47 Å². The van der Waals surface area contributed by atoms with Crippen LogP contribution in [0, 0.1) is 6.92 Å². The van der Waals surface area contributed by atoms with Gasteiger partial charge in [0.1, 0.15) is 28.4 Å². The van der Waals surface area contributed by atoms with E-state index in [2.05, 4.69) is 0 Å². The van der Waals surface area contributed by atoms with E-state index in [1.807, 2.05) is 55.5 Å². The van der Waals surface area contributed by atoms with E-state index in [1.54, 1.807) is 61.7 Å². The molecule has 5 aromatic rings. The first-order chi connectivity index (χ1) is 18.0. The first kappa shape index (κ1) is 23.8. The molecular formula is C32H24O5. The average molecular weight is 489 g/mol. The van der Waals surface area contributed by atoms with Crippen LogP contribution in [-0.4, -0.2) is 18.9 Å². The Bertz CT molecular complexity index is 1610. The summed E-state index contributed by atoms with van der Waals surface area (Å²) >= 11 is 0. The molecule has 0 aliphatic heterocycles. The summed E-state index contributed by atoms with van der Waals surface area (Å²) in [6, 6.07) is 29.2. The van der Waals surface area contributed by atoms with E-state index in [0.29, 0.717) is 39.4 Å². The van der Waals surface area contributed by atoms with Gasteiger partial charge in [0.25, 0.3) is 0 Å². The van der Waals surface area contributed by atoms with E-state index in [4.69, 9.17) is 13.9 Å². The van der Waals surface area contributed by atoms with Gasteiger partial charge < -0.3 is 13.9 Å². The maximum absolute atomic E-state index is 13.5. The third-order valence-corrected chi connectivity index (χ3v) is 5.97. The Labute approximate surface area is 214 Å². The van der Waals surface area contributed by atoms with Gasteiger partial charge in [0.2, 0.25) is 0 Å². The molecule has 1 heterocycles. The summed E-state index contributed by atoms with van der Waals surface area (Å²) < 4.78 is 17.2. The Balaban J connectivity index is 1.44. The quantitative estimate of drug-likeness (QED) is 0.103. The summed E-state index contributed by atoms with van der Waals surface area (Å²) in [6.45, 7) is 1.97. The number of hydrogen-bond acceptors (Lipinski definition) is 5. The van der Waals surface area contributed by atoms with E-state index in [1.165, 1.54) is 6.08 Å². The molecule has 0 saturated carbocycles. The molecule has 0 amide bonds. The fourth-order valence-electron chi connectivity index (χ4n) is 4.02. The maximum Gasteiger partial charge on any atom is 0.348 e. The minimum absolute atomic E-state index is 0.103. The first-order valence-corrected chi connectivity index (χ1v) is 11.8. The Morgan fingerprint density at radius 2 is 1.59 bits per heavy atom. The first-order valence-electron chi connectivity index (χ1n) is 11.8. The molecule has 0 radical (unpaired) electrons. The zero-order valence-electron chi connectivity index (χ0n) is 20.4. The van der Waals surface area contributed by atoms with Gasteiger partial charge in [0, 0.05) is 16.5 Å². The Hall–Kier alpha value is -4.90. The van der Waals surface area contributed by atoms with Crippen LogP contribution in [0.25, 0.3) is 28.4 Å². The minimum Gasteiger partial charge on any atom is -0.497 e. The van der Waals surface area contributed by atoms with Gasteiger partial charge in [-0.05, 0) is 48.9 Å². The predicted octanol–water partition coefficient (Wildman–Crippen LogP) is 7.53. The molecule has 0 saturated heterocycles. The number of carbonyl (C=O) groups is 2. The van der Waals surface area contributed by atoms with Crippen LogP contribution in [0.4, 0.5) is 0 Å². The van der Waals surface area contributed by atoms with Crippen LogP contribution in [0.2, 0.25) is 0 Å². The van der Waals surface area contributed by atoms with Crippen LogP contribution in [-0.2, 0) is 0 Å². The average Bonchev–Trinajstić information content (AvgIpc) is 3.32. The minimum atomic E-state index is -0.553. The summed E-state index contributed by atoms with van der Waals surface area (Å²) in [5.74, 6) is 0.726. The standard InChI is InChI=1S/C32H24O5/c1-21-11-14-23(15-12-21)28(33)17-13-22-7-6-10-26(19-22)36-32(34)30-27-20-25(35-2)16-18-29(27)37-31(30)24-8-4-3-5-9-24/h3-20H,1-2H3. The van der Waals surface area contributed by atoms with Crippen LogP contribution in [0.15, 0.2) is 108 Å². The number of rotatable bonds is 7. The molecule has 0 atom stereocenters. The van der Waals surface area contributed by atoms with Gasteiger partial charge in [-0.3, -0.25) is 4.79 Å². The summed E-state index contributed by atoms with van der Waals surface area (Å²) in [6.07, 6.45) is 3.21. The van der Waals surface area contributed by atoms with Crippen LogP contribution in [0.5, 0.6) is 11.5 Å². The van der Waals surface area contributed by atoms with E-state index in [0.717, 1.165) is 16.7 Å². The smallest absolute Gasteiger partial charge is 0.348 e. The molecule has 0 aliphatic rings. The monoisotopic (exact) mass is 488 g/mol. The number of carbonyl (C=O) groups excluding carboxylic acids is 2. The normalized spacial score (nSPS) is 11.1. The van der Waals surface area contributed by atoms with E-state index in [9.17, 15) is 9.59 Å². The van der Waals surface area contributed by atoms with Gasteiger partial charge in [-0.25, -0.2) is 4.79 Å². The maximum atomic E-state index is 13.5. The van der Waals surface area contributed by atoms with Crippen LogP contribution in [0.1, 0.15) is 31.8 Å². The number of benzene rings is 4. The molecule has 0 N–H and O–H groups in total. The number of ketones is 1. The Morgan fingerprint density at radius 3 is 2.35 bits per heavy atom. The molecule has 37 heavy (non-hydrogen) atoms. The molecule has 0 unspecified atom stereocenters. The number of allylic oxidation sites excluding steroid dienone is 1. The predicted molar refractivity (Wildman–Crippen MR) is 144 cm³/mol. The van der Waals surface area contributed by atoms with Crippen molar-refractivity contribution in [3.8, 4) is 22.8 Å². The summed E-state index contributed by atoms with van der Waals surface area (Å²) in [7, 11) is 1.57. The van der Waals surface area contributed by atoms with Crippen molar-refractivity contribution >= 4 is 28.8 Å². The third-order valence-electron chi connectivity index (χ3n) is 5.97. The van der Waals surface area contributed by atoms with Crippen molar-refractivity contribution in [3.05, 3.63) is 125 Å². The summed E-state index contributed by atoms with van der Waals surface area (Å²) in [5.41, 5.74) is 4.06. The zero-order valence-corrected chi connectivity index (χ0v) is 20.4. The SMILES string of the molecule is COc1ccc2oc(-c3ccccc3)c(C(=O)Oc3cccc(C=CC(=O)c4ccc(C)cc4)c3)c2c1. The molecular weight excluding hydrogens is 464 g/mol. The van der Waals surface area contributed by atoms with E-state index >= 15 is 0 Å². The number of hydrogen-bond donors (Lipinski definition) is 0. The third kappa shape index (κ3) is 5.21. The number of furan rings is 1. The van der Waals surface area contributed by atoms with E-state index < -0.39 is 5.97 Å². The number of ether oxygens (including phenoxy) is 2. The Morgan fingerprint density at radius 1 is 0.811 bits per heavy atom. The molecule has 1 aromatic heterocycles. The summed E-state index contributed by atoms with van der Waals surface area (Å²) in [4.78, 5) is 26.0. The molecule has 0 aliphatic carbocycles. The lowest BCUT2D eigenvalue weighted by Crippen LogP contribution is -2.09. The van der Waals surface area contributed by atoms with Crippen LogP contribution in [0.3, 0.4) is 0 Å². The molecule has 5 nitrogen and oxygen atoms in total. The molecule has 0 spiro atoms. The second-order valence-corrected chi connectivity index (χ2v) is 8.56. The Kier molecular flexibility index (Phi) is 6.68. The number of methoxy groups -OCH3 is 1. The fraction of sp³-hybridized carbons (Fsp3) is 0.0625. The van der Waals surface area contributed by atoms with Crippen LogP contribution >= 0.6 is 0 Å². The highest BCUT2D eigenvalue weighted by Gasteiger charge is 2.24. The number of aryl methyl sites for hydroxylation is 1. The van der Waals surface area contributed by atoms with Crippen molar-refractivity contribution in [2.45, 2.75) is 6.92 Å². The highest BCUT2D eigenvalue weighted by atomic mass is 16.5. The topological polar surface area (TPSA) is 65.7 Å². The number of fused-ring (bicyclic) bond motifs is 1. The molecule has 0 bridgehead atoms. The van der Waals surface area contributed by atoms with Crippen molar-refractivity contribution in [1.82, 2.24) is 0 Å². The molecule has 4 aromatic carbocycles.